The van der Waals surface area contributed by atoms with Gasteiger partial charge in [0.15, 0.2) is 5.78 Å². The second-order valence-corrected chi connectivity index (χ2v) is 7.90. The van der Waals surface area contributed by atoms with Crippen LogP contribution in [0.2, 0.25) is 0 Å². The van der Waals surface area contributed by atoms with Gasteiger partial charge in [0, 0.05) is 30.7 Å². The molecule has 0 radical (unpaired) electrons. The fourth-order valence-corrected chi connectivity index (χ4v) is 4.28. The predicted octanol–water partition coefficient (Wildman–Crippen LogP) is 4.09. The molecule has 8 heteroatoms. The van der Waals surface area contributed by atoms with E-state index in [2.05, 4.69) is 39.0 Å². The molecule has 3 heterocycles. The van der Waals surface area contributed by atoms with Crippen molar-refractivity contribution < 1.29 is 4.79 Å². The van der Waals surface area contributed by atoms with Gasteiger partial charge in [-0.3, -0.25) is 14.2 Å². The number of hydrogen-bond donors (Lipinski definition) is 1. The zero-order chi connectivity index (χ0) is 22.0. The molecule has 0 aromatic carbocycles. The molecule has 3 aromatic rings. The van der Waals surface area contributed by atoms with Crippen molar-refractivity contribution in [2.45, 2.75) is 52.5 Å². The number of rotatable bonds is 7. The van der Waals surface area contributed by atoms with Crippen molar-refractivity contribution >= 4 is 34.3 Å². The van der Waals surface area contributed by atoms with Crippen molar-refractivity contribution in [3.05, 3.63) is 46.5 Å². The van der Waals surface area contributed by atoms with Crippen LogP contribution < -0.4 is 15.8 Å². The number of carbonyl (C=O) groups is 1. The Morgan fingerprint density at radius 1 is 1.16 bits per heavy atom. The Morgan fingerprint density at radius 3 is 2.52 bits per heavy atom. The number of nitrogens with zero attached hydrogens (tertiary/aromatic N) is 5. The molecular weight excluding hydrogens is 392 g/mol. The normalized spacial score (nSPS) is 14.2. The molecule has 3 aromatic heterocycles. The van der Waals surface area contributed by atoms with Gasteiger partial charge in [-0.1, -0.05) is 12.8 Å². The van der Waals surface area contributed by atoms with Crippen molar-refractivity contribution in [1.29, 1.82) is 0 Å². The van der Waals surface area contributed by atoms with Crippen LogP contribution in [0.25, 0.3) is 11.0 Å². The summed E-state index contributed by atoms with van der Waals surface area (Å²) in [5, 5.41) is 3.83. The van der Waals surface area contributed by atoms with E-state index in [1.54, 1.807) is 16.8 Å². The molecule has 1 aliphatic rings. The van der Waals surface area contributed by atoms with Gasteiger partial charge in [0.1, 0.15) is 11.5 Å². The third-order valence-electron chi connectivity index (χ3n) is 5.96. The third-order valence-corrected chi connectivity index (χ3v) is 5.96. The number of ketones is 1. The summed E-state index contributed by atoms with van der Waals surface area (Å²) >= 11 is 0. The maximum atomic E-state index is 13.1. The standard InChI is InChI=1S/C23H28N6O2/c1-4-28(5-2)18-10-11-20(24-14-18)26-23-25-13-16-12-19(15(3)30)22(31)29(21(16)27-23)17-8-6-7-9-17/h10-14,17H,4-9H2,1-3H3,(H,24,25,26,27). The van der Waals surface area contributed by atoms with Crippen LogP contribution >= 0.6 is 0 Å². The lowest BCUT2D eigenvalue weighted by Crippen LogP contribution is -2.29. The molecule has 0 aliphatic heterocycles. The molecule has 0 unspecified atom stereocenters. The fraction of sp³-hybridized carbons (Fsp3) is 0.435. The van der Waals surface area contributed by atoms with E-state index >= 15 is 0 Å². The van der Waals surface area contributed by atoms with Gasteiger partial charge in [-0.25, -0.2) is 9.97 Å². The maximum absolute atomic E-state index is 13.1. The molecular formula is C23H28N6O2. The Labute approximate surface area is 181 Å². The molecule has 0 bridgehead atoms. The first kappa shape index (κ1) is 21.0. The van der Waals surface area contributed by atoms with E-state index < -0.39 is 0 Å². The van der Waals surface area contributed by atoms with Crippen LogP contribution in [-0.4, -0.2) is 38.4 Å². The summed E-state index contributed by atoms with van der Waals surface area (Å²) in [4.78, 5) is 40.8. The van der Waals surface area contributed by atoms with Crippen molar-refractivity contribution in [3.63, 3.8) is 0 Å². The molecule has 1 N–H and O–H groups in total. The number of carbonyl (C=O) groups excluding carboxylic acids is 1. The highest BCUT2D eigenvalue weighted by molar-refractivity contribution is 5.96. The van der Waals surface area contributed by atoms with Crippen LogP contribution in [0, 0.1) is 0 Å². The number of aromatic nitrogens is 4. The van der Waals surface area contributed by atoms with E-state index in [0.29, 0.717) is 22.8 Å². The Morgan fingerprint density at radius 2 is 1.90 bits per heavy atom. The van der Waals surface area contributed by atoms with Crippen molar-refractivity contribution in [3.8, 4) is 0 Å². The van der Waals surface area contributed by atoms with Crippen LogP contribution in [-0.2, 0) is 0 Å². The van der Waals surface area contributed by atoms with Crippen LogP contribution in [0.4, 0.5) is 17.5 Å². The average Bonchev–Trinajstić information content (AvgIpc) is 3.29. The van der Waals surface area contributed by atoms with Gasteiger partial charge < -0.3 is 10.2 Å². The largest absolute Gasteiger partial charge is 0.371 e. The lowest BCUT2D eigenvalue weighted by atomic mass is 10.1. The van der Waals surface area contributed by atoms with Gasteiger partial charge in [0.2, 0.25) is 5.95 Å². The lowest BCUT2D eigenvalue weighted by molar-refractivity contribution is 0.101. The van der Waals surface area contributed by atoms with Crippen molar-refractivity contribution in [2.75, 3.05) is 23.3 Å². The zero-order valence-electron chi connectivity index (χ0n) is 18.3. The second kappa shape index (κ2) is 8.83. The first-order valence-corrected chi connectivity index (χ1v) is 10.9. The van der Waals surface area contributed by atoms with E-state index in [9.17, 15) is 9.59 Å². The Kier molecular flexibility index (Phi) is 5.97. The van der Waals surface area contributed by atoms with Gasteiger partial charge in [0.25, 0.3) is 5.56 Å². The summed E-state index contributed by atoms with van der Waals surface area (Å²) in [6, 6.07) is 5.57. The van der Waals surface area contributed by atoms with E-state index in [-0.39, 0.29) is 22.9 Å². The van der Waals surface area contributed by atoms with Crippen LogP contribution in [0.5, 0.6) is 0 Å². The summed E-state index contributed by atoms with van der Waals surface area (Å²) in [5.41, 5.74) is 1.54. The maximum Gasteiger partial charge on any atom is 0.263 e. The third kappa shape index (κ3) is 4.15. The molecule has 0 spiro atoms. The number of anilines is 3. The highest BCUT2D eigenvalue weighted by Gasteiger charge is 2.23. The Bertz CT molecular complexity index is 1150. The minimum atomic E-state index is -0.266. The van der Waals surface area contributed by atoms with Gasteiger partial charge >= 0.3 is 0 Å². The molecule has 8 nitrogen and oxygen atoms in total. The van der Waals surface area contributed by atoms with Gasteiger partial charge in [-0.05, 0) is 51.8 Å². The molecule has 0 saturated heterocycles. The monoisotopic (exact) mass is 420 g/mol. The average molecular weight is 421 g/mol. The minimum absolute atomic E-state index is 0.0588. The van der Waals surface area contributed by atoms with Crippen LogP contribution in [0.1, 0.15) is 62.9 Å². The molecule has 1 fully saturated rings. The highest BCUT2D eigenvalue weighted by Crippen LogP contribution is 2.31. The van der Waals surface area contributed by atoms with Crippen molar-refractivity contribution in [2.24, 2.45) is 0 Å². The fourth-order valence-electron chi connectivity index (χ4n) is 4.28. The van der Waals surface area contributed by atoms with E-state index in [1.807, 2.05) is 18.3 Å². The second-order valence-electron chi connectivity index (χ2n) is 7.90. The molecule has 31 heavy (non-hydrogen) atoms. The van der Waals surface area contributed by atoms with Crippen molar-refractivity contribution in [1.82, 2.24) is 19.5 Å². The summed E-state index contributed by atoms with van der Waals surface area (Å²) in [6.45, 7) is 7.48. The van der Waals surface area contributed by atoms with E-state index in [1.165, 1.54) is 6.92 Å². The number of fused-ring (bicyclic) bond motifs is 1. The SMILES string of the molecule is CCN(CC)c1ccc(Nc2ncc3cc(C(C)=O)c(=O)n(C4CCCC4)c3n2)nc1. The summed E-state index contributed by atoms with van der Waals surface area (Å²) in [6.07, 6.45) is 7.45. The summed E-state index contributed by atoms with van der Waals surface area (Å²) < 4.78 is 1.70. The number of hydrogen-bond acceptors (Lipinski definition) is 7. The molecule has 4 rings (SSSR count). The van der Waals surface area contributed by atoms with Crippen LogP contribution in [0.3, 0.4) is 0 Å². The van der Waals surface area contributed by atoms with Gasteiger partial charge in [0.05, 0.1) is 17.4 Å². The van der Waals surface area contributed by atoms with E-state index in [0.717, 1.165) is 44.5 Å². The van der Waals surface area contributed by atoms with E-state index in [4.69, 9.17) is 0 Å². The number of nitrogens with one attached hydrogen (secondary N) is 1. The zero-order valence-corrected chi connectivity index (χ0v) is 18.3. The Balaban J connectivity index is 1.72. The molecule has 1 aliphatic carbocycles. The molecule has 1 saturated carbocycles. The van der Waals surface area contributed by atoms with Gasteiger partial charge in [-0.2, -0.15) is 4.98 Å². The number of pyridine rings is 2. The van der Waals surface area contributed by atoms with Gasteiger partial charge in [-0.15, -0.1) is 0 Å². The molecule has 0 atom stereocenters. The van der Waals surface area contributed by atoms with Crippen LogP contribution in [0.15, 0.2) is 35.4 Å². The topological polar surface area (TPSA) is 93.0 Å². The summed E-state index contributed by atoms with van der Waals surface area (Å²) in [7, 11) is 0. The smallest absolute Gasteiger partial charge is 0.263 e. The number of Topliss-reactive ketones (excluding diaryl/α,β-unsaturated/α-hetero) is 1. The first-order chi connectivity index (χ1) is 15.0. The molecule has 0 amide bonds. The summed E-state index contributed by atoms with van der Waals surface area (Å²) in [5.74, 6) is 0.765. The first-order valence-electron chi connectivity index (χ1n) is 10.9. The Hall–Kier alpha value is -3.29. The predicted molar refractivity (Wildman–Crippen MR) is 122 cm³/mol. The molecule has 162 valence electrons. The minimum Gasteiger partial charge on any atom is -0.371 e. The lowest BCUT2D eigenvalue weighted by Gasteiger charge is -2.20. The quantitative estimate of drug-likeness (QED) is 0.575. The highest BCUT2D eigenvalue weighted by atomic mass is 16.1.